The molecule has 0 fully saturated rings. The highest BCUT2D eigenvalue weighted by Crippen LogP contribution is 2.26. The molecule has 1 atom stereocenters. The van der Waals surface area contributed by atoms with Crippen LogP contribution >= 0.6 is 15.9 Å². The van der Waals surface area contributed by atoms with E-state index in [0.717, 1.165) is 9.99 Å². The molecule has 1 aromatic carbocycles. The molecule has 0 saturated heterocycles. The third kappa shape index (κ3) is 4.67. The largest absolute Gasteiger partial charge is 0.361 e. The maximum atomic E-state index is 12.9. The Hall–Kier alpha value is -1.13. The zero-order valence-electron chi connectivity index (χ0n) is 14.9. The molecule has 0 unspecified atom stereocenters. The van der Waals surface area contributed by atoms with Crippen molar-refractivity contribution >= 4 is 32.6 Å². The van der Waals surface area contributed by atoms with Crippen molar-refractivity contribution in [3.63, 3.8) is 0 Å². The van der Waals surface area contributed by atoms with Crippen LogP contribution in [0.3, 0.4) is 0 Å². The van der Waals surface area contributed by atoms with Gasteiger partial charge in [-0.2, -0.15) is 0 Å². The Morgan fingerprint density at radius 1 is 1.22 bits per heavy atom. The van der Waals surface area contributed by atoms with Gasteiger partial charge in [-0.05, 0) is 51.0 Å². The van der Waals surface area contributed by atoms with E-state index in [-0.39, 0.29) is 22.8 Å². The third-order valence-corrected chi connectivity index (χ3v) is 4.31. The van der Waals surface area contributed by atoms with E-state index < -0.39 is 0 Å². The number of halogens is 1. The van der Waals surface area contributed by atoms with Crippen molar-refractivity contribution < 1.29 is 4.79 Å². The summed E-state index contributed by atoms with van der Waals surface area (Å²) in [5.41, 5.74) is 1.79. The van der Waals surface area contributed by atoms with E-state index >= 15 is 0 Å². The number of carbonyl (C=O) groups is 1. The predicted octanol–water partition coefficient (Wildman–Crippen LogP) is 4.84. The molecule has 0 aliphatic rings. The molecule has 3 nitrogen and oxygen atoms in total. The van der Waals surface area contributed by atoms with E-state index in [1.807, 2.05) is 33.0 Å². The molecule has 4 heteroatoms. The minimum atomic E-state index is -0.365. The van der Waals surface area contributed by atoms with E-state index in [1.54, 1.807) is 0 Å². The standard InChI is InChI=1S/C19H27BrN2O/c1-18(2,3)17(23)16(22-19(4,5)6)9-12-11-21-15-8-7-13(20)10-14(12)15/h7-8,10-11,16,21-22H,9H2,1-6H3/t16-/m0/s1. The minimum absolute atomic E-state index is 0.113. The number of hydrogen-bond donors (Lipinski definition) is 2. The number of rotatable bonds is 4. The van der Waals surface area contributed by atoms with Gasteiger partial charge >= 0.3 is 0 Å². The molecule has 1 aromatic heterocycles. The summed E-state index contributed by atoms with van der Waals surface area (Å²) in [7, 11) is 0. The van der Waals surface area contributed by atoms with E-state index in [9.17, 15) is 4.79 Å². The second-order valence-electron chi connectivity index (χ2n) is 8.27. The first-order chi connectivity index (χ1) is 10.5. The average molecular weight is 379 g/mol. The Balaban J connectivity index is 2.36. The minimum Gasteiger partial charge on any atom is -0.361 e. The highest BCUT2D eigenvalue weighted by molar-refractivity contribution is 9.10. The average Bonchev–Trinajstić information content (AvgIpc) is 2.77. The van der Waals surface area contributed by atoms with Crippen molar-refractivity contribution in [3.05, 3.63) is 34.4 Å². The molecular formula is C19H27BrN2O. The van der Waals surface area contributed by atoms with Gasteiger partial charge in [-0.1, -0.05) is 36.7 Å². The van der Waals surface area contributed by atoms with Crippen molar-refractivity contribution in [2.75, 3.05) is 0 Å². The lowest BCUT2D eigenvalue weighted by atomic mass is 9.83. The first-order valence-electron chi connectivity index (χ1n) is 8.05. The van der Waals surface area contributed by atoms with Gasteiger partial charge in [0.25, 0.3) is 0 Å². The smallest absolute Gasteiger partial charge is 0.155 e. The van der Waals surface area contributed by atoms with E-state index in [4.69, 9.17) is 0 Å². The molecule has 2 aromatic rings. The fraction of sp³-hybridized carbons (Fsp3) is 0.526. The number of Topliss-reactive ketones (excluding diaryl/α,β-unsaturated/α-hetero) is 1. The number of carbonyl (C=O) groups excluding carboxylic acids is 1. The SMILES string of the molecule is CC(C)(C)N[C@@H](Cc1c[nH]c2ccc(Br)cc12)C(=O)C(C)(C)C. The van der Waals surface area contributed by atoms with E-state index in [0.29, 0.717) is 6.42 Å². The van der Waals surface area contributed by atoms with Gasteiger partial charge in [0, 0.05) is 32.5 Å². The van der Waals surface area contributed by atoms with Crippen LogP contribution in [-0.2, 0) is 11.2 Å². The normalized spacial score (nSPS) is 14.2. The van der Waals surface area contributed by atoms with Crippen LogP contribution in [0.1, 0.15) is 47.1 Å². The van der Waals surface area contributed by atoms with Crippen molar-refractivity contribution in [2.45, 2.75) is 59.5 Å². The topological polar surface area (TPSA) is 44.9 Å². The molecule has 0 aliphatic carbocycles. The van der Waals surface area contributed by atoms with Crippen LogP contribution in [0, 0.1) is 5.41 Å². The first-order valence-corrected chi connectivity index (χ1v) is 8.84. The number of ketones is 1. The zero-order valence-corrected chi connectivity index (χ0v) is 16.5. The van der Waals surface area contributed by atoms with Crippen LogP contribution in [0.4, 0.5) is 0 Å². The van der Waals surface area contributed by atoms with Gasteiger partial charge in [0.15, 0.2) is 5.78 Å². The Bertz CT molecular complexity index is 704. The van der Waals surface area contributed by atoms with Crippen molar-refractivity contribution in [1.29, 1.82) is 0 Å². The molecule has 1 heterocycles. The van der Waals surface area contributed by atoms with Gasteiger partial charge in [0.2, 0.25) is 0 Å². The van der Waals surface area contributed by atoms with Crippen molar-refractivity contribution in [2.24, 2.45) is 5.41 Å². The molecule has 0 amide bonds. The van der Waals surface area contributed by atoms with Gasteiger partial charge in [-0.15, -0.1) is 0 Å². The van der Waals surface area contributed by atoms with Gasteiger partial charge in [-0.25, -0.2) is 0 Å². The maximum absolute atomic E-state index is 12.9. The molecule has 2 N–H and O–H groups in total. The number of benzene rings is 1. The lowest BCUT2D eigenvalue weighted by Gasteiger charge is -2.31. The van der Waals surface area contributed by atoms with Crippen LogP contribution in [-0.4, -0.2) is 22.3 Å². The van der Waals surface area contributed by atoms with E-state index in [2.05, 4.69) is 59.1 Å². The molecule has 0 radical (unpaired) electrons. The Morgan fingerprint density at radius 3 is 2.43 bits per heavy atom. The lowest BCUT2D eigenvalue weighted by Crippen LogP contribution is -2.51. The summed E-state index contributed by atoms with van der Waals surface area (Å²) in [5.74, 6) is 0.247. The number of aromatic nitrogens is 1. The predicted molar refractivity (Wildman–Crippen MR) is 101 cm³/mol. The highest BCUT2D eigenvalue weighted by Gasteiger charge is 2.32. The van der Waals surface area contributed by atoms with Gasteiger partial charge in [-0.3, -0.25) is 4.79 Å². The highest BCUT2D eigenvalue weighted by atomic mass is 79.9. The summed E-state index contributed by atoms with van der Waals surface area (Å²) >= 11 is 3.53. The quantitative estimate of drug-likeness (QED) is 0.798. The van der Waals surface area contributed by atoms with Crippen LogP contribution in [0.5, 0.6) is 0 Å². The number of aromatic amines is 1. The molecule has 126 valence electrons. The summed E-state index contributed by atoms with van der Waals surface area (Å²) in [5, 5.41) is 4.67. The Labute approximate surface area is 147 Å². The van der Waals surface area contributed by atoms with Crippen molar-refractivity contribution in [3.8, 4) is 0 Å². The van der Waals surface area contributed by atoms with Gasteiger partial charge in [0.1, 0.15) is 0 Å². The second kappa shape index (κ2) is 6.40. The van der Waals surface area contributed by atoms with Crippen LogP contribution in [0.2, 0.25) is 0 Å². The maximum Gasteiger partial charge on any atom is 0.155 e. The monoisotopic (exact) mass is 378 g/mol. The van der Waals surface area contributed by atoms with Gasteiger partial charge in [0.05, 0.1) is 6.04 Å². The Morgan fingerprint density at radius 2 is 1.87 bits per heavy atom. The zero-order chi connectivity index (χ0) is 17.4. The molecular weight excluding hydrogens is 352 g/mol. The summed E-state index contributed by atoms with van der Waals surface area (Å²) in [6, 6.07) is 5.98. The van der Waals surface area contributed by atoms with Crippen LogP contribution in [0.15, 0.2) is 28.9 Å². The summed E-state index contributed by atoms with van der Waals surface area (Å²) in [6.07, 6.45) is 2.70. The molecule has 0 saturated carbocycles. The van der Waals surface area contributed by atoms with Crippen molar-refractivity contribution in [1.82, 2.24) is 10.3 Å². The second-order valence-corrected chi connectivity index (χ2v) is 9.18. The molecule has 23 heavy (non-hydrogen) atoms. The Kier molecular flexibility index (Phi) is 5.07. The van der Waals surface area contributed by atoms with Gasteiger partial charge < -0.3 is 10.3 Å². The summed E-state index contributed by atoms with van der Waals surface area (Å²) in [4.78, 5) is 16.2. The lowest BCUT2D eigenvalue weighted by molar-refractivity contribution is -0.128. The molecule has 0 bridgehead atoms. The number of hydrogen-bond acceptors (Lipinski definition) is 2. The first kappa shape index (κ1) is 18.2. The van der Waals surface area contributed by atoms with Crippen LogP contribution < -0.4 is 5.32 Å². The fourth-order valence-corrected chi connectivity index (χ4v) is 3.16. The number of fused-ring (bicyclic) bond motifs is 1. The van der Waals surface area contributed by atoms with Crippen LogP contribution in [0.25, 0.3) is 10.9 Å². The fourth-order valence-electron chi connectivity index (χ4n) is 2.79. The third-order valence-electron chi connectivity index (χ3n) is 3.82. The summed E-state index contributed by atoms with van der Waals surface area (Å²) < 4.78 is 1.05. The molecule has 0 spiro atoms. The summed E-state index contributed by atoms with van der Waals surface area (Å²) in [6.45, 7) is 12.3. The number of H-pyrrole nitrogens is 1. The number of nitrogens with one attached hydrogen (secondary N) is 2. The molecule has 2 rings (SSSR count). The van der Waals surface area contributed by atoms with E-state index in [1.165, 1.54) is 10.9 Å². The molecule has 0 aliphatic heterocycles.